The van der Waals surface area contributed by atoms with Crippen LogP contribution >= 0.6 is 11.3 Å². The fourth-order valence-corrected chi connectivity index (χ4v) is 2.91. The summed E-state index contributed by atoms with van der Waals surface area (Å²) in [5, 5.41) is 5.59. The van der Waals surface area contributed by atoms with Crippen LogP contribution in [0.25, 0.3) is 0 Å². The number of hydrogen-bond acceptors (Lipinski definition) is 3. The minimum absolute atomic E-state index is 0.201. The Kier molecular flexibility index (Phi) is 4.61. The van der Waals surface area contributed by atoms with Gasteiger partial charge in [0.15, 0.2) is 0 Å². The largest absolute Gasteiger partial charge is 0.491 e. The van der Waals surface area contributed by atoms with Crippen molar-refractivity contribution in [3.05, 3.63) is 51.7 Å². The first kappa shape index (κ1) is 14.1. The van der Waals surface area contributed by atoms with Crippen molar-refractivity contribution in [2.45, 2.75) is 32.9 Å². The van der Waals surface area contributed by atoms with E-state index < -0.39 is 0 Å². The van der Waals surface area contributed by atoms with E-state index in [4.69, 9.17) is 4.74 Å². The van der Waals surface area contributed by atoms with Crippen LogP contribution in [0, 0.1) is 6.92 Å². The van der Waals surface area contributed by atoms with Gasteiger partial charge in [-0.05, 0) is 62.5 Å². The molecule has 0 aliphatic carbocycles. The lowest BCUT2D eigenvalue weighted by atomic mass is 10.0. The summed E-state index contributed by atoms with van der Waals surface area (Å²) >= 11 is 1.79. The number of aryl methyl sites for hydroxylation is 1. The van der Waals surface area contributed by atoms with Crippen LogP contribution in [-0.2, 0) is 0 Å². The molecule has 1 aromatic heterocycles. The van der Waals surface area contributed by atoms with E-state index in [2.05, 4.69) is 41.9 Å². The Morgan fingerprint density at radius 2 is 1.95 bits per heavy atom. The minimum atomic E-state index is 0.201. The van der Waals surface area contributed by atoms with Crippen molar-refractivity contribution in [2.24, 2.45) is 0 Å². The Morgan fingerprint density at radius 1 is 1.16 bits per heavy atom. The predicted octanol–water partition coefficient (Wildman–Crippen LogP) is 4.15. The van der Waals surface area contributed by atoms with E-state index in [1.807, 2.05) is 27.0 Å². The highest BCUT2D eigenvalue weighted by molar-refractivity contribution is 7.10. The van der Waals surface area contributed by atoms with E-state index in [1.165, 1.54) is 16.0 Å². The normalized spacial score (nSPS) is 12.7. The summed E-state index contributed by atoms with van der Waals surface area (Å²) in [6, 6.07) is 10.8. The van der Waals surface area contributed by atoms with Crippen LogP contribution in [0.5, 0.6) is 5.75 Å². The van der Waals surface area contributed by atoms with E-state index in [9.17, 15) is 0 Å². The molecule has 2 rings (SSSR count). The average Bonchev–Trinajstić information content (AvgIpc) is 2.76. The van der Waals surface area contributed by atoms with Crippen LogP contribution < -0.4 is 10.1 Å². The number of rotatable bonds is 5. The second-order valence-corrected chi connectivity index (χ2v) is 6.07. The van der Waals surface area contributed by atoms with E-state index in [0.717, 1.165) is 5.75 Å². The summed E-state index contributed by atoms with van der Waals surface area (Å²) in [5.74, 6) is 0.930. The van der Waals surface area contributed by atoms with Crippen molar-refractivity contribution < 1.29 is 4.74 Å². The van der Waals surface area contributed by atoms with Gasteiger partial charge in [-0.25, -0.2) is 0 Å². The first-order chi connectivity index (χ1) is 9.10. The Hall–Kier alpha value is -1.32. The molecular formula is C16H21NOS. The lowest BCUT2D eigenvalue weighted by Gasteiger charge is -2.17. The molecule has 1 unspecified atom stereocenters. The monoisotopic (exact) mass is 275 g/mol. The molecule has 0 saturated heterocycles. The highest BCUT2D eigenvalue weighted by atomic mass is 32.1. The van der Waals surface area contributed by atoms with Gasteiger partial charge in [0.25, 0.3) is 0 Å². The molecule has 3 heteroatoms. The third kappa shape index (κ3) is 3.58. The van der Waals surface area contributed by atoms with Crippen molar-refractivity contribution in [3.63, 3.8) is 0 Å². The summed E-state index contributed by atoms with van der Waals surface area (Å²) in [6.07, 6.45) is 0.201. The molecule has 0 fully saturated rings. The predicted molar refractivity (Wildman–Crippen MR) is 82.2 cm³/mol. The zero-order chi connectivity index (χ0) is 13.8. The topological polar surface area (TPSA) is 21.3 Å². The van der Waals surface area contributed by atoms with E-state index in [-0.39, 0.29) is 12.1 Å². The van der Waals surface area contributed by atoms with Crippen LogP contribution in [0.3, 0.4) is 0 Å². The third-order valence-corrected chi connectivity index (χ3v) is 3.82. The van der Waals surface area contributed by atoms with Crippen molar-refractivity contribution in [1.29, 1.82) is 0 Å². The van der Waals surface area contributed by atoms with Crippen LogP contribution in [0.1, 0.15) is 35.9 Å². The maximum atomic E-state index is 5.77. The second kappa shape index (κ2) is 6.22. The van der Waals surface area contributed by atoms with Crippen LogP contribution in [0.2, 0.25) is 0 Å². The standard InChI is InChI=1S/C16H21NOS/c1-11(2)18-15-7-5-6-13(9-15)16(17-4)14-8-12(3)19-10-14/h5-11,16-17H,1-4H3. The summed E-state index contributed by atoms with van der Waals surface area (Å²) in [6.45, 7) is 6.23. The summed E-state index contributed by atoms with van der Waals surface area (Å²) in [7, 11) is 1.99. The molecule has 0 spiro atoms. The average molecular weight is 275 g/mol. The van der Waals surface area contributed by atoms with Crippen LogP contribution in [0.15, 0.2) is 35.7 Å². The molecule has 0 amide bonds. The van der Waals surface area contributed by atoms with Gasteiger partial charge >= 0.3 is 0 Å². The lowest BCUT2D eigenvalue weighted by Crippen LogP contribution is -2.17. The van der Waals surface area contributed by atoms with Gasteiger partial charge in [-0.15, -0.1) is 11.3 Å². The fourth-order valence-electron chi connectivity index (χ4n) is 2.18. The molecule has 0 saturated carbocycles. The third-order valence-electron chi connectivity index (χ3n) is 2.94. The summed E-state index contributed by atoms with van der Waals surface area (Å²) < 4.78 is 5.77. The minimum Gasteiger partial charge on any atom is -0.491 e. The Labute approximate surface area is 119 Å². The molecule has 102 valence electrons. The molecule has 1 N–H and O–H groups in total. The zero-order valence-corrected chi connectivity index (χ0v) is 12.8. The Morgan fingerprint density at radius 3 is 2.53 bits per heavy atom. The van der Waals surface area contributed by atoms with E-state index in [0.29, 0.717) is 0 Å². The van der Waals surface area contributed by atoms with Crippen molar-refractivity contribution in [2.75, 3.05) is 7.05 Å². The quantitative estimate of drug-likeness (QED) is 0.885. The molecule has 19 heavy (non-hydrogen) atoms. The second-order valence-electron chi connectivity index (χ2n) is 4.95. The summed E-state index contributed by atoms with van der Waals surface area (Å²) in [4.78, 5) is 1.34. The molecule has 1 heterocycles. The first-order valence-corrected chi connectivity index (χ1v) is 7.47. The number of hydrogen-bond donors (Lipinski definition) is 1. The number of nitrogens with one attached hydrogen (secondary N) is 1. The van der Waals surface area contributed by atoms with Gasteiger partial charge < -0.3 is 10.1 Å². The molecule has 1 atom stereocenters. The van der Waals surface area contributed by atoms with E-state index >= 15 is 0 Å². The highest BCUT2D eigenvalue weighted by Crippen LogP contribution is 2.28. The van der Waals surface area contributed by atoms with Gasteiger partial charge in [0.1, 0.15) is 5.75 Å². The van der Waals surface area contributed by atoms with Crippen molar-refractivity contribution in [3.8, 4) is 5.75 Å². The molecule has 0 aliphatic rings. The van der Waals surface area contributed by atoms with Crippen molar-refractivity contribution >= 4 is 11.3 Å². The van der Waals surface area contributed by atoms with Gasteiger partial charge in [0.2, 0.25) is 0 Å². The van der Waals surface area contributed by atoms with Gasteiger partial charge in [-0.2, -0.15) is 0 Å². The van der Waals surface area contributed by atoms with Gasteiger partial charge in [-0.3, -0.25) is 0 Å². The maximum Gasteiger partial charge on any atom is 0.120 e. The van der Waals surface area contributed by atoms with E-state index in [1.54, 1.807) is 11.3 Å². The number of thiophene rings is 1. The summed E-state index contributed by atoms with van der Waals surface area (Å²) in [5.41, 5.74) is 2.55. The van der Waals surface area contributed by atoms with Crippen LogP contribution in [0.4, 0.5) is 0 Å². The molecule has 0 radical (unpaired) electrons. The maximum absolute atomic E-state index is 5.77. The molecule has 2 nitrogen and oxygen atoms in total. The SMILES string of the molecule is CNC(c1cccc(OC(C)C)c1)c1csc(C)c1. The number of benzene rings is 1. The molecule has 2 aromatic rings. The van der Waals surface area contributed by atoms with Gasteiger partial charge in [-0.1, -0.05) is 12.1 Å². The molecular weight excluding hydrogens is 254 g/mol. The smallest absolute Gasteiger partial charge is 0.120 e. The fraction of sp³-hybridized carbons (Fsp3) is 0.375. The van der Waals surface area contributed by atoms with Gasteiger partial charge in [0.05, 0.1) is 12.1 Å². The highest BCUT2D eigenvalue weighted by Gasteiger charge is 2.14. The van der Waals surface area contributed by atoms with Crippen molar-refractivity contribution in [1.82, 2.24) is 5.32 Å². The first-order valence-electron chi connectivity index (χ1n) is 6.59. The number of ether oxygens (including phenoxy) is 1. The molecule has 1 aromatic carbocycles. The Balaban J connectivity index is 2.28. The van der Waals surface area contributed by atoms with Crippen LogP contribution in [-0.4, -0.2) is 13.2 Å². The Bertz CT molecular complexity index is 533. The molecule has 0 bridgehead atoms. The van der Waals surface area contributed by atoms with Gasteiger partial charge in [0, 0.05) is 4.88 Å². The zero-order valence-electron chi connectivity index (χ0n) is 11.9. The lowest BCUT2D eigenvalue weighted by molar-refractivity contribution is 0.242. The molecule has 0 aliphatic heterocycles.